The predicted molar refractivity (Wildman–Crippen MR) is 118 cm³/mol. The van der Waals surface area contributed by atoms with E-state index in [4.69, 9.17) is 11.6 Å². The van der Waals surface area contributed by atoms with Crippen LogP contribution in [0.4, 0.5) is 5.69 Å². The topological polar surface area (TPSA) is 45.5 Å². The van der Waals surface area contributed by atoms with Crippen LogP contribution >= 0.6 is 11.6 Å². The number of pyridine rings is 1. The quantitative estimate of drug-likeness (QED) is 0.663. The highest BCUT2D eigenvalue weighted by Gasteiger charge is 2.22. The zero-order valence-corrected chi connectivity index (χ0v) is 17.4. The van der Waals surface area contributed by atoms with Gasteiger partial charge in [-0.05, 0) is 49.2 Å². The van der Waals surface area contributed by atoms with Crippen molar-refractivity contribution in [3.05, 3.63) is 75.0 Å². The zero-order valence-electron chi connectivity index (χ0n) is 16.7. The second kappa shape index (κ2) is 7.91. The molecule has 0 N–H and O–H groups in total. The van der Waals surface area contributed by atoms with E-state index < -0.39 is 0 Å². The van der Waals surface area contributed by atoms with Crippen LogP contribution in [0.3, 0.4) is 0 Å². The summed E-state index contributed by atoms with van der Waals surface area (Å²) in [5.74, 6) is 0.0607. The van der Waals surface area contributed by atoms with Crippen molar-refractivity contribution in [3.8, 4) is 0 Å². The summed E-state index contributed by atoms with van der Waals surface area (Å²) in [5, 5.41) is 1.05. The van der Waals surface area contributed by atoms with Gasteiger partial charge >= 0.3 is 0 Å². The number of benzene rings is 2. The molecule has 3 aromatic rings. The van der Waals surface area contributed by atoms with E-state index in [1.807, 2.05) is 9.47 Å². The highest BCUT2D eigenvalue weighted by molar-refractivity contribution is 6.31. The average molecular weight is 410 g/mol. The lowest BCUT2D eigenvalue weighted by Gasteiger charge is -2.37. The highest BCUT2D eigenvalue weighted by Crippen LogP contribution is 2.24. The first kappa shape index (κ1) is 19.5. The molecule has 1 fully saturated rings. The van der Waals surface area contributed by atoms with Crippen molar-refractivity contribution in [2.75, 3.05) is 31.1 Å². The van der Waals surface area contributed by atoms with Gasteiger partial charge in [0.1, 0.15) is 6.54 Å². The third-order valence-electron chi connectivity index (χ3n) is 5.79. The SMILES string of the molecule is Cc1cccc(N2CCN(C(=O)Cn3ccc(=O)c4cc(Cl)ccc43)CC2)c1C. The van der Waals surface area contributed by atoms with Crippen LogP contribution in [0, 0.1) is 13.8 Å². The van der Waals surface area contributed by atoms with Crippen LogP contribution < -0.4 is 10.3 Å². The third kappa shape index (κ3) is 3.87. The maximum atomic E-state index is 12.9. The van der Waals surface area contributed by atoms with E-state index in [0.717, 1.165) is 18.6 Å². The normalized spacial score (nSPS) is 14.4. The van der Waals surface area contributed by atoms with Gasteiger partial charge in [-0.1, -0.05) is 23.7 Å². The summed E-state index contributed by atoms with van der Waals surface area (Å²) in [6.45, 7) is 7.50. The van der Waals surface area contributed by atoms with Gasteiger partial charge in [-0.25, -0.2) is 0 Å². The molecule has 0 radical (unpaired) electrons. The zero-order chi connectivity index (χ0) is 20.5. The minimum atomic E-state index is -0.0895. The smallest absolute Gasteiger partial charge is 0.242 e. The van der Waals surface area contributed by atoms with E-state index in [1.165, 1.54) is 22.9 Å². The number of hydrogen-bond acceptors (Lipinski definition) is 3. The standard InChI is InChI=1S/C23H24ClN3O2/c1-16-4-3-5-20(17(16)2)25-10-12-26(13-11-25)23(29)15-27-9-8-22(28)19-14-18(24)6-7-21(19)27/h3-9,14H,10-13,15H2,1-2H3. The van der Waals surface area contributed by atoms with Gasteiger partial charge in [0.05, 0.1) is 5.52 Å². The number of nitrogens with zero attached hydrogens (tertiary/aromatic N) is 3. The van der Waals surface area contributed by atoms with Crippen molar-refractivity contribution in [1.82, 2.24) is 9.47 Å². The van der Waals surface area contributed by atoms with Gasteiger partial charge in [0, 0.05) is 54.5 Å². The van der Waals surface area contributed by atoms with Gasteiger partial charge in [-0.15, -0.1) is 0 Å². The molecule has 1 aliphatic heterocycles. The summed E-state index contributed by atoms with van der Waals surface area (Å²) >= 11 is 6.03. The van der Waals surface area contributed by atoms with Gasteiger partial charge in [-0.2, -0.15) is 0 Å². The summed E-state index contributed by atoms with van der Waals surface area (Å²) in [4.78, 5) is 29.3. The molecule has 0 atom stereocenters. The number of fused-ring (bicyclic) bond motifs is 1. The first-order chi connectivity index (χ1) is 13.9. The lowest BCUT2D eigenvalue weighted by Crippen LogP contribution is -2.49. The van der Waals surface area contributed by atoms with Gasteiger partial charge in [0.15, 0.2) is 5.43 Å². The summed E-state index contributed by atoms with van der Waals surface area (Å²) in [7, 11) is 0. The molecule has 0 spiro atoms. The highest BCUT2D eigenvalue weighted by atomic mass is 35.5. The molecule has 0 aliphatic carbocycles. The number of aryl methyl sites for hydroxylation is 1. The molecule has 1 amide bonds. The van der Waals surface area contributed by atoms with Crippen LogP contribution in [-0.4, -0.2) is 41.6 Å². The Morgan fingerprint density at radius 3 is 2.55 bits per heavy atom. The van der Waals surface area contributed by atoms with Crippen molar-refractivity contribution in [3.63, 3.8) is 0 Å². The average Bonchev–Trinajstić information content (AvgIpc) is 2.72. The molecule has 5 nitrogen and oxygen atoms in total. The number of carbonyl (C=O) groups excluding carboxylic acids is 1. The monoisotopic (exact) mass is 409 g/mol. The number of rotatable bonds is 3. The number of amides is 1. The van der Waals surface area contributed by atoms with E-state index in [2.05, 4.69) is 36.9 Å². The first-order valence-electron chi connectivity index (χ1n) is 9.82. The van der Waals surface area contributed by atoms with Crippen LogP contribution in [0.2, 0.25) is 5.02 Å². The van der Waals surface area contributed by atoms with Crippen molar-refractivity contribution < 1.29 is 4.79 Å². The van der Waals surface area contributed by atoms with E-state index in [-0.39, 0.29) is 17.9 Å². The Morgan fingerprint density at radius 1 is 1.03 bits per heavy atom. The fourth-order valence-electron chi connectivity index (χ4n) is 3.94. The van der Waals surface area contributed by atoms with Crippen molar-refractivity contribution >= 4 is 34.1 Å². The van der Waals surface area contributed by atoms with Crippen LogP contribution in [-0.2, 0) is 11.3 Å². The molecule has 1 aromatic heterocycles. The Labute approximate surface area is 175 Å². The predicted octanol–water partition coefficient (Wildman–Crippen LogP) is 3.62. The van der Waals surface area contributed by atoms with Crippen molar-refractivity contribution in [2.45, 2.75) is 20.4 Å². The van der Waals surface area contributed by atoms with Crippen LogP contribution in [0.25, 0.3) is 10.9 Å². The first-order valence-corrected chi connectivity index (χ1v) is 10.2. The van der Waals surface area contributed by atoms with E-state index in [0.29, 0.717) is 23.5 Å². The van der Waals surface area contributed by atoms with Crippen molar-refractivity contribution in [1.29, 1.82) is 0 Å². The Kier molecular flexibility index (Phi) is 5.33. The van der Waals surface area contributed by atoms with Crippen molar-refractivity contribution in [2.24, 2.45) is 0 Å². The van der Waals surface area contributed by atoms with E-state index in [1.54, 1.807) is 24.4 Å². The van der Waals surface area contributed by atoms with Gasteiger partial charge in [0.2, 0.25) is 5.91 Å². The number of carbonyl (C=O) groups is 1. The molecule has 2 heterocycles. The maximum Gasteiger partial charge on any atom is 0.242 e. The molecule has 150 valence electrons. The Bertz CT molecular complexity index is 1130. The molecule has 1 aliphatic rings. The lowest BCUT2D eigenvalue weighted by molar-refractivity contribution is -0.132. The molecular formula is C23H24ClN3O2. The molecule has 2 aromatic carbocycles. The molecule has 4 rings (SSSR count). The van der Waals surface area contributed by atoms with E-state index in [9.17, 15) is 9.59 Å². The third-order valence-corrected chi connectivity index (χ3v) is 6.03. The Balaban J connectivity index is 1.47. The van der Waals surface area contributed by atoms with Gasteiger partial charge in [-0.3, -0.25) is 9.59 Å². The molecule has 29 heavy (non-hydrogen) atoms. The maximum absolute atomic E-state index is 12.9. The van der Waals surface area contributed by atoms with Crippen LogP contribution in [0.15, 0.2) is 53.5 Å². The number of hydrogen-bond donors (Lipinski definition) is 0. The van der Waals surface area contributed by atoms with Crippen LogP contribution in [0.5, 0.6) is 0 Å². The molecule has 0 unspecified atom stereocenters. The number of anilines is 1. The van der Waals surface area contributed by atoms with Gasteiger partial charge in [0.25, 0.3) is 0 Å². The lowest BCUT2D eigenvalue weighted by atomic mass is 10.1. The minimum absolute atomic E-state index is 0.0607. The second-order valence-corrected chi connectivity index (χ2v) is 7.99. The summed E-state index contributed by atoms with van der Waals surface area (Å²) in [6, 6.07) is 13.0. The fourth-order valence-corrected chi connectivity index (χ4v) is 4.11. The Morgan fingerprint density at radius 2 is 1.79 bits per heavy atom. The van der Waals surface area contributed by atoms with E-state index >= 15 is 0 Å². The molecule has 0 saturated carbocycles. The summed E-state index contributed by atoms with van der Waals surface area (Å²) in [6.07, 6.45) is 1.68. The molecular weight excluding hydrogens is 386 g/mol. The number of piperazine rings is 1. The number of halogens is 1. The second-order valence-electron chi connectivity index (χ2n) is 7.56. The molecule has 6 heteroatoms. The molecule has 1 saturated heterocycles. The largest absolute Gasteiger partial charge is 0.368 e. The Hall–Kier alpha value is -2.79. The summed E-state index contributed by atoms with van der Waals surface area (Å²) < 4.78 is 1.83. The van der Waals surface area contributed by atoms with Crippen LogP contribution in [0.1, 0.15) is 11.1 Å². The summed E-state index contributed by atoms with van der Waals surface area (Å²) in [5.41, 5.74) is 4.47. The fraction of sp³-hybridized carbons (Fsp3) is 0.304. The minimum Gasteiger partial charge on any atom is -0.368 e. The number of aromatic nitrogens is 1. The molecule has 0 bridgehead atoms. The van der Waals surface area contributed by atoms with Gasteiger partial charge < -0.3 is 14.4 Å².